The minimum Gasteiger partial charge on any atom is -0.497 e. The molecule has 6 heteroatoms. The maximum Gasteiger partial charge on any atom is 0.311 e. The number of hydrogen-bond acceptors (Lipinski definition) is 4. The van der Waals surface area contributed by atoms with Gasteiger partial charge in [-0.3, -0.25) is 9.59 Å². The van der Waals surface area contributed by atoms with Gasteiger partial charge < -0.3 is 19.9 Å². The Kier molecular flexibility index (Phi) is 5.58. The number of nitrogens with one attached hydrogen (secondary N) is 1. The summed E-state index contributed by atoms with van der Waals surface area (Å²) >= 11 is 0. The van der Waals surface area contributed by atoms with Crippen LogP contribution in [-0.4, -0.2) is 37.7 Å². The molecule has 0 saturated carbocycles. The van der Waals surface area contributed by atoms with Crippen molar-refractivity contribution >= 4 is 11.9 Å². The van der Waals surface area contributed by atoms with E-state index in [9.17, 15) is 14.7 Å². The van der Waals surface area contributed by atoms with Gasteiger partial charge >= 0.3 is 5.97 Å². The van der Waals surface area contributed by atoms with Gasteiger partial charge in [-0.1, -0.05) is 6.92 Å². The molecule has 0 aliphatic heterocycles. The van der Waals surface area contributed by atoms with E-state index in [0.717, 1.165) is 0 Å². The summed E-state index contributed by atoms with van der Waals surface area (Å²) in [4.78, 5) is 23.4. The van der Waals surface area contributed by atoms with Gasteiger partial charge in [0.1, 0.15) is 11.5 Å². The predicted molar refractivity (Wildman–Crippen MR) is 77.9 cm³/mol. The van der Waals surface area contributed by atoms with Crippen molar-refractivity contribution in [2.75, 3.05) is 20.8 Å². The molecule has 2 N–H and O–H groups in total. The number of benzene rings is 1. The molecule has 21 heavy (non-hydrogen) atoms. The Hall–Kier alpha value is -2.24. The van der Waals surface area contributed by atoms with Gasteiger partial charge in [0, 0.05) is 12.6 Å². The maximum absolute atomic E-state index is 12.2. The first kappa shape index (κ1) is 16.8. The molecule has 0 saturated heterocycles. The predicted octanol–water partition coefficient (Wildman–Crippen LogP) is 1.93. The number of carboxylic acid groups (broad SMARTS) is 1. The third-order valence-corrected chi connectivity index (χ3v) is 3.59. The van der Waals surface area contributed by atoms with Gasteiger partial charge in [0.25, 0.3) is 5.91 Å². The molecule has 1 rings (SSSR count). The summed E-state index contributed by atoms with van der Waals surface area (Å²) in [7, 11) is 2.98. The van der Waals surface area contributed by atoms with Gasteiger partial charge in [0.05, 0.1) is 25.2 Å². The molecule has 6 nitrogen and oxygen atoms in total. The normalized spacial score (nSPS) is 13.1. The Labute approximate surface area is 124 Å². The van der Waals surface area contributed by atoms with Gasteiger partial charge in [-0.25, -0.2) is 0 Å². The molecule has 116 valence electrons. The average Bonchev–Trinajstić information content (AvgIpc) is 2.51. The first-order valence-corrected chi connectivity index (χ1v) is 6.61. The van der Waals surface area contributed by atoms with E-state index in [1.807, 2.05) is 0 Å². The molecule has 1 aromatic rings. The van der Waals surface area contributed by atoms with Crippen molar-refractivity contribution in [2.24, 2.45) is 5.41 Å². The van der Waals surface area contributed by atoms with Crippen molar-refractivity contribution in [3.8, 4) is 11.5 Å². The van der Waals surface area contributed by atoms with Gasteiger partial charge in [-0.2, -0.15) is 0 Å². The highest BCUT2D eigenvalue weighted by atomic mass is 16.5. The molecular weight excluding hydrogens is 274 g/mol. The number of rotatable bonds is 7. The standard InChI is InChI=1S/C15H21NO5/c1-5-15(2,14(18)19)9-16-13(17)11-7-6-10(20-3)8-12(11)21-4/h6-8H,5,9H2,1-4H3,(H,16,17)(H,18,19). The Morgan fingerprint density at radius 2 is 1.95 bits per heavy atom. The molecule has 0 bridgehead atoms. The lowest BCUT2D eigenvalue weighted by atomic mass is 9.87. The molecule has 0 fully saturated rings. The molecule has 1 aromatic carbocycles. The SMILES string of the molecule is CCC(C)(CNC(=O)c1ccc(OC)cc1OC)C(=O)O. The van der Waals surface area contributed by atoms with Crippen molar-refractivity contribution in [1.29, 1.82) is 0 Å². The zero-order chi connectivity index (χ0) is 16.0. The molecule has 0 aliphatic carbocycles. The molecule has 0 radical (unpaired) electrons. The topological polar surface area (TPSA) is 84.9 Å². The first-order valence-electron chi connectivity index (χ1n) is 6.61. The second-order valence-electron chi connectivity index (χ2n) is 4.97. The smallest absolute Gasteiger partial charge is 0.311 e. The van der Waals surface area contributed by atoms with E-state index in [-0.39, 0.29) is 12.5 Å². The monoisotopic (exact) mass is 295 g/mol. The van der Waals surface area contributed by atoms with Crippen LogP contribution in [0.5, 0.6) is 11.5 Å². The van der Waals surface area contributed by atoms with Crippen molar-refractivity contribution in [2.45, 2.75) is 20.3 Å². The van der Waals surface area contributed by atoms with Crippen molar-refractivity contribution in [3.63, 3.8) is 0 Å². The molecular formula is C15H21NO5. The Morgan fingerprint density at radius 3 is 2.43 bits per heavy atom. The fraction of sp³-hybridized carbons (Fsp3) is 0.467. The Morgan fingerprint density at radius 1 is 1.29 bits per heavy atom. The lowest BCUT2D eigenvalue weighted by molar-refractivity contribution is -0.147. The average molecular weight is 295 g/mol. The van der Waals surface area contributed by atoms with Crippen LogP contribution in [-0.2, 0) is 4.79 Å². The van der Waals surface area contributed by atoms with Gasteiger partial charge in [-0.05, 0) is 25.5 Å². The van der Waals surface area contributed by atoms with E-state index in [2.05, 4.69) is 5.32 Å². The van der Waals surface area contributed by atoms with E-state index < -0.39 is 11.4 Å². The number of amides is 1. The van der Waals surface area contributed by atoms with Gasteiger partial charge in [-0.15, -0.1) is 0 Å². The van der Waals surface area contributed by atoms with Gasteiger partial charge in [0.15, 0.2) is 0 Å². The zero-order valence-electron chi connectivity index (χ0n) is 12.7. The summed E-state index contributed by atoms with van der Waals surface area (Å²) in [6.07, 6.45) is 0.419. The van der Waals surface area contributed by atoms with Crippen LogP contribution in [0.2, 0.25) is 0 Å². The minimum absolute atomic E-state index is 0.0485. The van der Waals surface area contributed by atoms with E-state index in [1.165, 1.54) is 14.2 Å². The summed E-state index contributed by atoms with van der Waals surface area (Å²) in [5.74, 6) is -0.366. The van der Waals surface area contributed by atoms with Gasteiger partial charge in [0.2, 0.25) is 0 Å². The van der Waals surface area contributed by atoms with Crippen LogP contribution in [0, 0.1) is 5.41 Å². The summed E-state index contributed by atoms with van der Waals surface area (Å²) in [6, 6.07) is 4.83. The molecule has 0 aromatic heterocycles. The molecule has 0 heterocycles. The highest BCUT2D eigenvalue weighted by Crippen LogP contribution is 2.25. The molecule has 1 atom stereocenters. The Balaban J connectivity index is 2.87. The van der Waals surface area contributed by atoms with E-state index in [4.69, 9.17) is 9.47 Å². The fourth-order valence-corrected chi connectivity index (χ4v) is 1.71. The molecule has 0 aliphatic rings. The van der Waals surface area contributed by atoms with Crippen LogP contribution in [0.1, 0.15) is 30.6 Å². The lowest BCUT2D eigenvalue weighted by Gasteiger charge is -2.23. The van der Waals surface area contributed by atoms with Crippen molar-refractivity contribution < 1.29 is 24.2 Å². The molecule has 1 unspecified atom stereocenters. The highest BCUT2D eigenvalue weighted by Gasteiger charge is 2.31. The number of hydrogen-bond donors (Lipinski definition) is 2. The minimum atomic E-state index is -0.991. The van der Waals surface area contributed by atoms with Crippen LogP contribution in [0.25, 0.3) is 0 Å². The third kappa shape index (κ3) is 3.87. The number of methoxy groups -OCH3 is 2. The number of carboxylic acids is 1. The van der Waals surface area contributed by atoms with E-state index >= 15 is 0 Å². The number of carbonyl (C=O) groups excluding carboxylic acids is 1. The Bertz CT molecular complexity index is 529. The van der Waals surface area contributed by atoms with Crippen molar-refractivity contribution in [1.82, 2.24) is 5.32 Å². The quantitative estimate of drug-likeness (QED) is 0.803. The largest absolute Gasteiger partial charge is 0.497 e. The summed E-state index contributed by atoms with van der Waals surface area (Å²) in [5, 5.41) is 11.8. The second kappa shape index (κ2) is 6.97. The summed E-state index contributed by atoms with van der Waals surface area (Å²) < 4.78 is 10.2. The van der Waals surface area contributed by atoms with Crippen LogP contribution in [0.3, 0.4) is 0 Å². The van der Waals surface area contributed by atoms with E-state index in [1.54, 1.807) is 32.0 Å². The zero-order valence-corrected chi connectivity index (χ0v) is 12.7. The van der Waals surface area contributed by atoms with Crippen molar-refractivity contribution in [3.05, 3.63) is 23.8 Å². The van der Waals surface area contributed by atoms with Crippen LogP contribution >= 0.6 is 0 Å². The molecule has 1 amide bonds. The molecule has 0 spiro atoms. The lowest BCUT2D eigenvalue weighted by Crippen LogP contribution is -2.40. The van der Waals surface area contributed by atoms with E-state index in [0.29, 0.717) is 23.5 Å². The summed E-state index contributed by atoms with van der Waals surface area (Å²) in [6.45, 7) is 3.42. The second-order valence-corrected chi connectivity index (χ2v) is 4.97. The fourth-order valence-electron chi connectivity index (χ4n) is 1.71. The maximum atomic E-state index is 12.2. The van der Waals surface area contributed by atoms with Crippen LogP contribution < -0.4 is 14.8 Å². The van der Waals surface area contributed by atoms with Crippen LogP contribution in [0.15, 0.2) is 18.2 Å². The summed E-state index contributed by atoms with van der Waals surface area (Å²) in [5.41, 5.74) is -0.655. The number of aliphatic carboxylic acids is 1. The third-order valence-electron chi connectivity index (χ3n) is 3.59. The highest BCUT2D eigenvalue weighted by molar-refractivity contribution is 5.97. The number of carbonyl (C=O) groups is 2. The number of ether oxygens (including phenoxy) is 2. The first-order chi connectivity index (χ1) is 9.87. The van der Waals surface area contributed by atoms with Crippen LogP contribution in [0.4, 0.5) is 0 Å².